The summed E-state index contributed by atoms with van der Waals surface area (Å²) in [5.41, 5.74) is 0. The first kappa shape index (κ1) is 33.1. The fourth-order valence-electron chi connectivity index (χ4n) is 3.12. The van der Waals surface area contributed by atoms with Crippen LogP contribution in [0.25, 0.3) is 0 Å². The molecule has 0 aliphatic heterocycles. The molecule has 0 bridgehead atoms. The maximum Gasteiger partial charge on any atom is 2.00 e. The second-order valence-electron chi connectivity index (χ2n) is 6.52. The number of hydrogen-bond donors (Lipinski definition) is 0. The third-order valence-corrected chi connectivity index (χ3v) is 8.11. The van der Waals surface area contributed by atoms with Gasteiger partial charge in [0.25, 0.3) is 0 Å². The first-order valence-electron chi connectivity index (χ1n) is 8.29. The molecule has 0 aliphatic rings. The summed E-state index contributed by atoms with van der Waals surface area (Å²) < 4.78 is 209. The maximum absolute atomic E-state index is 14.5. The molecule has 0 atom stereocenters. The van der Waals surface area contributed by atoms with Crippen molar-refractivity contribution < 1.29 is 87.6 Å². The molecule has 0 amide bonds. The molecule has 0 unspecified atom stereocenters. The Kier molecular flexibility index (Phi) is 9.85. The Balaban J connectivity index is 0.00000342. The standard InChI is InChI=1S/C18F15OSi.BrH.Mg/c19-1-4(22)10(28)16(11(29)5(1)23)35(34,17-12(30)6(24)2(20)7(25)13(17)31)18-14(32)8(26)3(21)9(27)15(18)33;;/h;1H;/q-1;;+2/p-1. The molecule has 196 valence electrons. The Hall–Kier alpha value is -1.97. The summed E-state index contributed by atoms with van der Waals surface area (Å²) in [6, 6.07) is 0. The number of benzene rings is 3. The second-order valence-corrected chi connectivity index (χ2v) is 9.38. The van der Waals surface area contributed by atoms with E-state index in [1.165, 1.54) is 0 Å². The zero-order valence-corrected chi connectivity index (χ0v) is 20.7. The Morgan fingerprint density at radius 3 is 0.541 bits per heavy atom. The summed E-state index contributed by atoms with van der Waals surface area (Å²) in [6.45, 7) is 0. The van der Waals surface area contributed by atoms with Crippen molar-refractivity contribution in [3.8, 4) is 0 Å². The monoisotopic (exact) mass is 648 g/mol. The zero-order valence-electron chi connectivity index (χ0n) is 16.7. The quantitative estimate of drug-likeness (QED) is 0.126. The van der Waals surface area contributed by atoms with E-state index in [2.05, 4.69) is 0 Å². The largest absolute Gasteiger partial charge is 2.00 e. The molecule has 3 aromatic carbocycles. The normalized spacial score (nSPS) is 11.4. The van der Waals surface area contributed by atoms with Crippen LogP contribution in [0.4, 0.5) is 65.9 Å². The van der Waals surface area contributed by atoms with Crippen LogP contribution in [-0.4, -0.2) is 31.4 Å². The molecule has 0 aromatic heterocycles. The number of halogens is 16. The van der Waals surface area contributed by atoms with Crippen LogP contribution in [0.5, 0.6) is 0 Å². The molecule has 0 aliphatic carbocycles. The Morgan fingerprint density at radius 2 is 0.405 bits per heavy atom. The molecule has 0 saturated carbocycles. The predicted molar refractivity (Wildman–Crippen MR) is 89.1 cm³/mol. The van der Waals surface area contributed by atoms with Gasteiger partial charge in [-0.15, -0.1) is 0 Å². The topological polar surface area (TPSA) is 23.1 Å². The van der Waals surface area contributed by atoms with Gasteiger partial charge < -0.3 is 21.8 Å². The van der Waals surface area contributed by atoms with E-state index in [1.54, 1.807) is 0 Å². The third kappa shape index (κ3) is 4.51. The molecule has 3 aromatic rings. The van der Waals surface area contributed by atoms with E-state index < -0.39 is 111 Å². The smallest absolute Gasteiger partial charge is 1.00 e. The molecule has 3 rings (SSSR count). The van der Waals surface area contributed by atoms with Crippen LogP contribution in [0, 0.1) is 87.3 Å². The van der Waals surface area contributed by atoms with Crippen molar-refractivity contribution in [1.29, 1.82) is 0 Å². The third-order valence-electron chi connectivity index (χ3n) is 4.69. The van der Waals surface area contributed by atoms with E-state index in [1.807, 2.05) is 0 Å². The minimum Gasteiger partial charge on any atom is -1.00 e. The van der Waals surface area contributed by atoms with Crippen LogP contribution in [0.15, 0.2) is 0 Å². The number of hydrogen-bond acceptors (Lipinski definition) is 1. The van der Waals surface area contributed by atoms with Gasteiger partial charge in [-0.25, -0.2) is 65.9 Å². The van der Waals surface area contributed by atoms with Gasteiger partial charge in [-0.05, 0) is 0 Å². The van der Waals surface area contributed by atoms with Crippen LogP contribution < -0.4 is 37.3 Å². The van der Waals surface area contributed by atoms with Crippen molar-refractivity contribution in [2.75, 3.05) is 0 Å². The summed E-state index contributed by atoms with van der Waals surface area (Å²) >= 11 is 0. The fraction of sp³-hybridized carbons (Fsp3) is 0. The maximum atomic E-state index is 14.5. The molecule has 0 radical (unpaired) electrons. The summed E-state index contributed by atoms with van der Waals surface area (Å²) in [5, 5.41) is -9.33. The molecule has 19 heteroatoms. The van der Waals surface area contributed by atoms with Crippen LogP contribution in [0.2, 0.25) is 0 Å². The van der Waals surface area contributed by atoms with Crippen LogP contribution in [0.3, 0.4) is 0 Å². The molecule has 0 saturated heterocycles. The van der Waals surface area contributed by atoms with Crippen molar-refractivity contribution in [3.63, 3.8) is 0 Å². The van der Waals surface area contributed by atoms with Crippen molar-refractivity contribution in [2.45, 2.75) is 0 Å². The van der Waals surface area contributed by atoms with Crippen LogP contribution in [0.1, 0.15) is 0 Å². The van der Waals surface area contributed by atoms with E-state index >= 15 is 0 Å². The first-order chi connectivity index (χ1) is 16.0. The van der Waals surface area contributed by atoms with Gasteiger partial charge in [-0.2, -0.15) is 0 Å². The number of rotatable bonds is 3. The zero-order chi connectivity index (χ0) is 26.9. The summed E-state index contributed by atoms with van der Waals surface area (Å²) in [7, 11) is -7.84. The molecule has 0 spiro atoms. The van der Waals surface area contributed by atoms with E-state index in [4.69, 9.17) is 0 Å². The Bertz CT molecular complexity index is 1180. The average Bonchev–Trinajstić information content (AvgIpc) is 2.81. The molecule has 0 heterocycles. The van der Waals surface area contributed by atoms with Gasteiger partial charge >= 0.3 is 23.1 Å². The van der Waals surface area contributed by atoms with Gasteiger partial charge in [0, 0.05) is 15.6 Å². The SMILES string of the molecule is [Br-].[Mg+2].[O-][Si](c1c(F)c(F)c(F)c(F)c1F)(c1c(F)c(F)c(F)c(F)c1F)c1c(F)c(F)c(F)c(F)c1F. The van der Waals surface area contributed by atoms with Crippen molar-refractivity contribution in [1.82, 2.24) is 0 Å². The van der Waals surface area contributed by atoms with Crippen molar-refractivity contribution in [3.05, 3.63) is 87.3 Å². The van der Waals surface area contributed by atoms with Crippen molar-refractivity contribution in [2.24, 2.45) is 0 Å². The molecular weight excluding hydrogens is 649 g/mol. The Morgan fingerprint density at radius 1 is 0.297 bits per heavy atom. The van der Waals surface area contributed by atoms with Crippen molar-refractivity contribution >= 4 is 46.9 Å². The van der Waals surface area contributed by atoms with Gasteiger partial charge in [-0.1, -0.05) is 0 Å². The predicted octanol–water partition coefficient (Wildman–Crippen LogP) is -0.276. The molecule has 1 nitrogen and oxygen atoms in total. The van der Waals surface area contributed by atoms with Crippen LogP contribution >= 0.6 is 0 Å². The fourth-order valence-corrected chi connectivity index (χ4v) is 6.38. The van der Waals surface area contributed by atoms with E-state index in [0.717, 1.165) is 0 Å². The van der Waals surface area contributed by atoms with Gasteiger partial charge in [-0.3, -0.25) is 0 Å². The van der Waals surface area contributed by atoms with Gasteiger partial charge in [0.2, 0.25) is 17.5 Å². The van der Waals surface area contributed by atoms with Gasteiger partial charge in [0.1, 0.15) is 0 Å². The molecule has 0 N–H and O–H groups in total. The molecular formula is C18BrF15MgOSi. The first-order valence-corrected chi connectivity index (χ1v) is 10.2. The van der Waals surface area contributed by atoms with Crippen LogP contribution in [-0.2, 0) is 0 Å². The summed E-state index contributed by atoms with van der Waals surface area (Å²) in [5.74, 6) is -48.2. The minimum atomic E-state index is -7.84. The summed E-state index contributed by atoms with van der Waals surface area (Å²) in [6.07, 6.45) is 0. The second kappa shape index (κ2) is 11.0. The molecule has 0 fully saturated rings. The Labute approximate surface area is 221 Å². The summed E-state index contributed by atoms with van der Waals surface area (Å²) in [4.78, 5) is 13.6. The molecule has 37 heavy (non-hydrogen) atoms. The van der Waals surface area contributed by atoms with Gasteiger partial charge in [0.05, 0.1) is 8.32 Å². The average molecular weight is 649 g/mol. The van der Waals surface area contributed by atoms with Gasteiger partial charge in [0.15, 0.2) is 69.8 Å². The minimum absolute atomic E-state index is 0. The van der Waals surface area contributed by atoms with E-state index in [-0.39, 0.29) is 40.0 Å². The van der Waals surface area contributed by atoms with E-state index in [9.17, 15) is 70.7 Å². The van der Waals surface area contributed by atoms with E-state index in [0.29, 0.717) is 0 Å².